The number of esters is 1. The van der Waals surface area contributed by atoms with Gasteiger partial charge < -0.3 is 10.1 Å². The average Bonchev–Trinajstić information content (AvgIpc) is 2.49. The Bertz CT molecular complexity index is 367. The maximum Gasteiger partial charge on any atom is 0.328 e. The molecule has 128 valence electrons. The predicted octanol–water partition coefficient (Wildman–Crippen LogP) is 3.54. The molecule has 1 fully saturated rings. The number of hydrogen-bond donors (Lipinski definition) is 1. The fourth-order valence-electron chi connectivity index (χ4n) is 3.41. The van der Waals surface area contributed by atoms with Gasteiger partial charge in [0.25, 0.3) is 0 Å². The summed E-state index contributed by atoms with van der Waals surface area (Å²) in [6.45, 7) is 10.9. The zero-order chi connectivity index (χ0) is 16.7. The van der Waals surface area contributed by atoms with Crippen LogP contribution in [0.3, 0.4) is 0 Å². The van der Waals surface area contributed by atoms with Crippen LogP contribution in [0.2, 0.25) is 0 Å². The van der Waals surface area contributed by atoms with Crippen molar-refractivity contribution in [1.29, 1.82) is 0 Å². The molecule has 1 saturated carbocycles. The Hall–Kier alpha value is -1.06. The van der Waals surface area contributed by atoms with E-state index in [1.807, 2.05) is 13.8 Å². The van der Waals surface area contributed by atoms with Gasteiger partial charge in [0.05, 0.1) is 6.61 Å². The van der Waals surface area contributed by atoms with Crippen LogP contribution >= 0.6 is 0 Å². The van der Waals surface area contributed by atoms with Gasteiger partial charge in [-0.15, -0.1) is 0 Å². The molecule has 0 bridgehead atoms. The van der Waals surface area contributed by atoms with E-state index in [4.69, 9.17) is 4.74 Å². The number of hydrogen-bond acceptors (Lipinski definition) is 3. The van der Waals surface area contributed by atoms with Gasteiger partial charge in [-0.3, -0.25) is 4.79 Å². The van der Waals surface area contributed by atoms with Crippen molar-refractivity contribution in [2.75, 3.05) is 6.61 Å². The van der Waals surface area contributed by atoms with Crippen molar-refractivity contribution in [1.82, 2.24) is 5.32 Å². The minimum Gasteiger partial charge on any atom is -0.464 e. The summed E-state index contributed by atoms with van der Waals surface area (Å²) in [6.07, 6.45) is 4.60. The molecule has 0 aliphatic heterocycles. The van der Waals surface area contributed by atoms with E-state index in [0.717, 1.165) is 19.3 Å². The van der Waals surface area contributed by atoms with Crippen LogP contribution in [0.5, 0.6) is 0 Å². The lowest BCUT2D eigenvalue weighted by atomic mass is 9.69. The van der Waals surface area contributed by atoms with Crippen LogP contribution < -0.4 is 5.32 Å². The second kappa shape index (κ2) is 9.16. The van der Waals surface area contributed by atoms with Crippen LogP contribution in [0.1, 0.15) is 66.7 Å². The number of ether oxygens (including phenoxy) is 1. The van der Waals surface area contributed by atoms with Crippen LogP contribution in [-0.2, 0) is 14.3 Å². The highest BCUT2D eigenvalue weighted by Crippen LogP contribution is 2.38. The molecule has 1 aliphatic carbocycles. The van der Waals surface area contributed by atoms with Crippen molar-refractivity contribution in [3.8, 4) is 0 Å². The van der Waals surface area contributed by atoms with Gasteiger partial charge in [-0.2, -0.15) is 0 Å². The lowest BCUT2D eigenvalue weighted by Gasteiger charge is -2.37. The third-order valence-electron chi connectivity index (χ3n) is 4.82. The first-order valence-corrected chi connectivity index (χ1v) is 8.87. The summed E-state index contributed by atoms with van der Waals surface area (Å²) in [5.74, 6) is 1.25. The van der Waals surface area contributed by atoms with Crippen LogP contribution in [0.15, 0.2) is 0 Å². The highest BCUT2D eigenvalue weighted by atomic mass is 16.5. The summed E-state index contributed by atoms with van der Waals surface area (Å²) >= 11 is 0. The van der Waals surface area contributed by atoms with E-state index < -0.39 is 6.04 Å². The molecule has 0 aromatic rings. The SMILES string of the molecule is CCCOC(=O)C(CC)NC(=O)[C@@H]1C[C@H](C)CC[C@H]1C(C)C. The number of carbonyl (C=O) groups excluding carboxylic acids is 2. The highest BCUT2D eigenvalue weighted by molar-refractivity contribution is 5.86. The van der Waals surface area contributed by atoms with E-state index in [1.54, 1.807) is 0 Å². The van der Waals surface area contributed by atoms with Gasteiger partial charge in [0.15, 0.2) is 0 Å². The van der Waals surface area contributed by atoms with Crippen LogP contribution in [0.4, 0.5) is 0 Å². The van der Waals surface area contributed by atoms with Crippen molar-refractivity contribution in [3.05, 3.63) is 0 Å². The molecule has 1 N–H and O–H groups in total. The van der Waals surface area contributed by atoms with Gasteiger partial charge in [0.1, 0.15) is 6.04 Å². The zero-order valence-corrected chi connectivity index (χ0v) is 14.9. The van der Waals surface area contributed by atoms with Crippen LogP contribution in [0.25, 0.3) is 0 Å². The van der Waals surface area contributed by atoms with E-state index in [2.05, 4.69) is 26.1 Å². The summed E-state index contributed by atoms with van der Waals surface area (Å²) in [5.41, 5.74) is 0. The van der Waals surface area contributed by atoms with Crippen molar-refractivity contribution < 1.29 is 14.3 Å². The molecule has 1 amide bonds. The Kier molecular flexibility index (Phi) is 7.91. The van der Waals surface area contributed by atoms with E-state index in [0.29, 0.717) is 30.8 Å². The Balaban J connectivity index is 2.68. The third-order valence-corrected chi connectivity index (χ3v) is 4.82. The van der Waals surface area contributed by atoms with Crippen molar-refractivity contribution in [2.24, 2.45) is 23.7 Å². The van der Waals surface area contributed by atoms with Crippen molar-refractivity contribution in [3.63, 3.8) is 0 Å². The Morgan fingerprint density at radius 2 is 1.91 bits per heavy atom. The van der Waals surface area contributed by atoms with Crippen LogP contribution in [-0.4, -0.2) is 24.5 Å². The molecule has 22 heavy (non-hydrogen) atoms. The van der Waals surface area contributed by atoms with Gasteiger partial charge in [-0.25, -0.2) is 4.79 Å². The predicted molar refractivity (Wildman–Crippen MR) is 88.3 cm³/mol. The minimum absolute atomic E-state index is 0.0248. The average molecular weight is 311 g/mol. The van der Waals surface area contributed by atoms with Gasteiger partial charge in [-0.1, -0.05) is 41.0 Å². The highest BCUT2D eigenvalue weighted by Gasteiger charge is 2.36. The second-order valence-corrected chi connectivity index (χ2v) is 7.07. The lowest BCUT2D eigenvalue weighted by Crippen LogP contribution is -2.47. The van der Waals surface area contributed by atoms with E-state index in [1.165, 1.54) is 6.42 Å². The Morgan fingerprint density at radius 3 is 2.45 bits per heavy atom. The Morgan fingerprint density at radius 1 is 1.23 bits per heavy atom. The maximum absolute atomic E-state index is 12.7. The second-order valence-electron chi connectivity index (χ2n) is 7.07. The van der Waals surface area contributed by atoms with E-state index in [-0.39, 0.29) is 17.8 Å². The molecule has 0 saturated heterocycles. The van der Waals surface area contributed by atoms with Gasteiger partial charge in [0, 0.05) is 5.92 Å². The number of nitrogens with one attached hydrogen (secondary N) is 1. The number of amides is 1. The topological polar surface area (TPSA) is 55.4 Å². The van der Waals surface area contributed by atoms with Crippen LogP contribution in [0, 0.1) is 23.7 Å². The molecule has 4 heteroatoms. The molecule has 1 aliphatic rings. The molecular weight excluding hydrogens is 278 g/mol. The fraction of sp³-hybridized carbons (Fsp3) is 0.889. The molecule has 0 aromatic heterocycles. The molecule has 0 aromatic carbocycles. The van der Waals surface area contributed by atoms with Gasteiger partial charge in [-0.05, 0) is 43.4 Å². The number of rotatable bonds is 7. The first-order valence-electron chi connectivity index (χ1n) is 8.87. The van der Waals surface area contributed by atoms with Gasteiger partial charge >= 0.3 is 5.97 Å². The quantitative estimate of drug-likeness (QED) is 0.732. The number of carbonyl (C=O) groups is 2. The zero-order valence-electron chi connectivity index (χ0n) is 14.9. The largest absolute Gasteiger partial charge is 0.464 e. The third kappa shape index (κ3) is 5.29. The first kappa shape index (κ1) is 19.0. The molecule has 0 spiro atoms. The normalized spacial score (nSPS) is 26.5. The summed E-state index contributed by atoms with van der Waals surface area (Å²) < 4.78 is 5.17. The summed E-state index contributed by atoms with van der Waals surface area (Å²) in [5, 5.41) is 2.94. The minimum atomic E-state index is -0.510. The molecule has 0 radical (unpaired) electrons. The molecule has 0 heterocycles. The van der Waals surface area contributed by atoms with Gasteiger partial charge in [0.2, 0.25) is 5.91 Å². The van der Waals surface area contributed by atoms with E-state index >= 15 is 0 Å². The summed E-state index contributed by atoms with van der Waals surface area (Å²) in [4.78, 5) is 24.7. The monoisotopic (exact) mass is 311 g/mol. The Labute approximate surface area is 135 Å². The van der Waals surface area contributed by atoms with Crippen molar-refractivity contribution in [2.45, 2.75) is 72.8 Å². The summed E-state index contributed by atoms with van der Waals surface area (Å²) in [7, 11) is 0. The summed E-state index contributed by atoms with van der Waals surface area (Å²) in [6, 6.07) is -0.510. The fourth-order valence-corrected chi connectivity index (χ4v) is 3.41. The molecule has 4 nitrogen and oxygen atoms in total. The lowest BCUT2D eigenvalue weighted by molar-refractivity contribution is -0.149. The van der Waals surface area contributed by atoms with Crippen molar-refractivity contribution >= 4 is 11.9 Å². The molecule has 4 atom stereocenters. The standard InChI is InChI=1S/C18H33NO3/c1-6-10-22-18(21)16(7-2)19-17(20)15-11-13(5)8-9-14(15)12(3)4/h12-16H,6-11H2,1-5H3,(H,19,20)/t13-,14+,15-,16?/m1/s1. The molecular formula is C18H33NO3. The maximum atomic E-state index is 12.7. The molecule has 1 unspecified atom stereocenters. The van der Waals surface area contributed by atoms with E-state index in [9.17, 15) is 9.59 Å². The first-order chi connectivity index (χ1) is 10.4. The smallest absolute Gasteiger partial charge is 0.328 e. The molecule has 1 rings (SSSR count).